The van der Waals surface area contributed by atoms with Gasteiger partial charge < -0.3 is 5.32 Å². The topological polar surface area (TPSA) is 53.8 Å². The summed E-state index contributed by atoms with van der Waals surface area (Å²) in [5.41, 5.74) is 0.917. The zero-order chi connectivity index (χ0) is 13.1. The largest absolute Gasteiger partial charge is 0.303 e. The number of rotatable bonds is 2. The molecule has 4 nitrogen and oxygen atoms in total. The van der Waals surface area contributed by atoms with Crippen LogP contribution in [0, 0.1) is 12.7 Å². The van der Waals surface area contributed by atoms with E-state index >= 15 is 0 Å². The van der Waals surface area contributed by atoms with Gasteiger partial charge in [-0.15, -0.1) is 5.10 Å². The molecule has 1 aromatic carbocycles. The van der Waals surface area contributed by atoms with Crippen molar-refractivity contribution in [2.24, 2.45) is 10.2 Å². The van der Waals surface area contributed by atoms with Gasteiger partial charge in [-0.1, -0.05) is 23.4 Å². The molecule has 0 aromatic heterocycles. The molecule has 94 valence electrons. The van der Waals surface area contributed by atoms with Crippen LogP contribution in [0.3, 0.4) is 0 Å². The Morgan fingerprint density at radius 3 is 3.00 bits per heavy atom. The number of benzene rings is 1. The molecule has 0 atom stereocenters. The number of aryl methyl sites for hydroxylation is 1. The molecular weight excluding hydrogens is 277 g/mol. The van der Waals surface area contributed by atoms with Gasteiger partial charge in [0.25, 0.3) is 0 Å². The van der Waals surface area contributed by atoms with Gasteiger partial charge in [0.05, 0.1) is 12.0 Å². The van der Waals surface area contributed by atoms with Crippen molar-refractivity contribution in [2.45, 2.75) is 6.92 Å². The summed E-state index contributed by atoms with van der Waals surface area (Å²) in [5.74, 6) is -0.193. The highest BCUT2D eigenvalue weighted by Crippen LogP contribution is 2.19. The molecule has 1 heterocycles. The molecule has 18 heavy (non-hydrogen) atoms. The first-order valence-electron chi connectivity index (χ1n) is 5.05. The Hall–Kier alpha value is -1.40. The molecule has 0 aliphatic carbocycles. The summed E-state index contributed by atoms with van der Waals surface area (Å²) in [4.78, 5) is 10.9. The first kappa shape index (κ1) is 13.0. The minimum Gasteiger partial charge on any atom is -0.303 e. The molecule has 1 fully saturated rings. The molecule has 1 aromatic rings. The van der Waals surface area contributed by atoms with Crippen molar-refractivity contribution < 1.29 is 9.18 Å². The fourth-order valence-corrected chi connectivity index (χ4v) is 2.09. The molecule has 2 rings (SSSR count). The number of amidine groups is 1. The SMILES string of the molecule is Cc1cc(F)c(C=NN=C2NC(=O)CS2)cc1Cl. The van der Waals surface area contributed by atoms with Gasteiger partial charge in [-0.05, 0) is 24.6 Å². The van der Waals surface area contributed by atoms with Crippen LogP contribution in [0.4, 0.5) is 4.39 Å². The van der Waals surface area contributed by atoms with Crippen molar-refractivity contribution in [3.8, 4) is 0 Å². The molecule has 1 amide bonds. The van der Waals surface area contributed by atoms with Gasteiger partial charge >= 0.3 is 0 Å². The third kappa shape index (κ3) is 3.08. The zero-order valence-electron chi connectivity index (χ0n) is 9.41. The van der Waals surface area contributed by atoms with Crippen LogP contribution in [-0.4, -0.2) is 23.0 Å². The van der Waals surface area contributed by atoms with Crippen LogP contribution in [0.2, 0.25) is 5.02 Å². The molecular formula is C11H9ClFN3OS. The molecule has 1 aliphatic rings. The molecule has 0 unspecified atom stereocenters. The maximum absolute atomic E-state index is 13.5. The fourth-order valence-electron chi connectivity index (χ4n) is 1.28. The summed E-state index contributed by atoms with van der Waals surface area (Å²) in [6.07, 6.45) is 1.26. The summed E-state index contributed by atoms with van der Waals surface area (Å²) in [7, 11) is 0. The van der Waals surface area contributed by atoms with E-state index in [1.54, 1.807) is 6.92 Å². The number of hydrogen-bond donors (Lipinski definition) is 1. The lowest BCUT2D eigenvalue weighted by atomic mass is 10.1. The van der Waals surface area contributed by atoms with Gasteiger partial charge in [-0.25, -0.2) is 4.39 Å². The fraction of sp³-hybridized carbons (Fsp3) is 0.182. The van der Waals surface area contributed by atoms with Crippen LogP contribution in [0.5, 0.6) is 0 Å². The van der Waals surface area contributed by atoms with Gasteiger partial charge in [-0.2, -0.15) is 5.10 Å². The van der Waals surface area contributed by atoms with Crippen molar-refractivity contribution in [2.75, 3.05) is 5.75 Å². The van der Waals surface area contributed by atoms with E-state index in [9.17, 15) is 9.18 Å². The summed E-state index contributed by atoms with van der Waals surface area (Å²) in [6, 6.07) is 2.82. The Morgan fingerprint density at radius 2 is 2.33 bits per heavy atom. The van der Waals surface area contributed by atoms with Gasteiger partial charge in [0.2, 0.25) is 5.91 Å². The van der Waals surface area contributed by atoms with Crippen molar-refractivity contribution in [1.82, 2.24) is 5.32 Å². The third-order valence-corrected chi connectivity index (χ3v) is 3.48. The summed E-state index contributed by atoms with van der Waals surface area (Å²) in [6.45, 7) is 1.72. The van der Waals surface area contributed by atoms with E-state index in [4.69, 9.17) is 11.6 Å². The summed E-state index contributed by atoms with van der Waals surface area (Å²) >= 11 is 7.14. The molecule has 0 radical (unpaired) electrons. The Balaban J connectivity index is 2.14. The molecule has 1 aliphatic heterocycles. The van der Waals surface area contributed by atoms with Gasteiger partial charge in [0.15, 0.2) is 5.17 Å². The second kappa shape index (κ2) is 5.49. The second-order valence-corrected chi connectivity index (χ2v) is 4.98. The minimum absolute atomic E-state index is 0.112. The quantitative estimate of drug-likeness (QED) is 0.670. The van der Waals surface area contributed by atoms with E-state index in [1.807, 2.05) is 0 Å². The highest BCUT2D eigenvalue weighted by Gasteiger charge is 2.15. The molecule has 0 saturated carbocycles. The van der Waals surface area contributed by atoms with E-state index in [-0.39, 0.29) is 11.5 Å². The summed E-state index contributed by atoms with van der Waals surface area (Å²) in [5, 5.41) is 10.9. The lowest BCUT2D eigenvalue weighted by molar-refractivity contribution is -0.116. The number of carbonyl (C=O) groups excluding carboxylic acids is 1. The maximum Gasteiger partial charge on any atom is 0.236 e. The van der Waals surface area contributed by atoms with Crippen LogP contribution < -0.4 is 5.32 Å². The highest BCUT2D eigenvalue weighted by atomic mass is 35.5. The number of thioether (sulfide) groups is 1. The van der Waals surface area contributed by atoms with E-state index in [0.29, 0.717) is 21.5 Å². The average molecular weight is 286 g/mol. The monoisotopic (exact) mass is 285 g/mol. The van der Waals surface area contributed by atoms with Gasteiger partial charge in [-0.3, -0.25) is 4.79 Å². The highest BCUT2D eigenvalue weighted by molar-refractivity contribution is 8.15. The van der Waals surface area contributed by atoms with E-state index in [2.05, 4.69) is 15.5 Å². The smallest absolute Gasteiger partial charge is 0.236 e. The molecule has 0 bridgehead atoms. The second-order valence-electron chi connectivity index (χ2n) is 3.61. The molecule has 0 spiro atoms. The lowest BCUT2D eigenvalue weighted by Crippen LogP contribution is -2.19. The molecule has 1 saturated heterocycles. The Labute approximate surface area is 112 Å². The standard InChI is InChI=1S/C11H9ClFN3OS/c1-6-2-9(13)7(3-8(6)12)4-14-16-11-15-10(17)5-18-11/h2-4H,5H2,1H3,(H,15,16,17). The number of halogens is 2. The predicted octanol–water partition coefficient (Wildman–Crippen LogP) is 2.34. The van der Waals surface area contributed by atoms with Crippen LogP contribution in [0.15, 0.2) is 22.3 Å². The Morgan fingerprint density at radius 1 is 1.56 bits per heavy atom. The predicted molar refractivity (Wildman–Crippen MR) is 71.8 cm³/mol. The minimum atomic E-state index is -0.413. The van der Waals surface area contributed by atoms with Crippen LogP contribution in [0.25, 0.3) is 0 Å². The van der Waals surface area contributed by atoms with Crippen molar-refractivity contribution in [3.05, 3.63) is 34.1 Å². The van der Waals surface area contributed by atoms with E-state index in [1.165, 1.54) is 30.1 Å². The van der Waals surface area contributed by atoms with E-state index in [0.717, 1.165) is 0 Å². The van der Waals surface area contributed by atoms with Gasteiger partial charge in [0.1, 0.15) is 5.82 Å². The van der Waals surface area contributed by atoms with E-state index < -0.39 is 5.82 Å². The first-order chi connectivity index (χ1) is 8.56. The van der Waals surface area contributed by atoms with Gasteiger partial charge in [0, 0.05) is 10.6 Å². The number of hydrogen-bond acceptors (Lipinski definition) is 4. The lowest BCUT2D eigenvalue weighted by Gasteiger charge is -2.00. The number of amides is 1. The normalized spacial score (nSPS) is 17.7. The molecule has 7 heteroatoms. The Kier molecular flexibility index (Phi) is 3.98. The van der Waals surface area contributed by atoms with Crippen molar-refractivity contribution >= 4 is 40.7 Å². The molecule has 1 N–H and O–H groups in total. The van der Waals surface area contributed by atoms with Crippen LogP contribution in [-0.2, 0) is 4.79 Å². The summed E-state index contributed by atoms with van der Waals surface area (Å²) < 4.78 is 13.5. The maximum atomic E-state index is 13.5. The zero-order valence-corrected chi connectivity index (χ0v) is 11.0. The Bertz CT molecular complexity index is 559. The van der Waals surface area contributed by atoms with Crippen molar-refractivity contribution in [3.63, 3.8) is 0 Å². The number of nitrogens with zero attached hydrogens (tertiary/aromatic N) is 2. The third-order valence-electron chi connectivity index (χ3n) is 2.21. The number of carbonyl (C=O) groups is 1. The average Bonchev–Trinajstić information content (AvgIpc) is 2.71. The first-order valence-corrected chi connectivity index (χ1v) is 6.42. The van der Waals surface area contributed by atoms with Crippen LogP contribution >= 0.6 is 23.4 Å². The number of nitrogens with one attached hydrogen (secondary N) is 1. The van der Waals surface area contributed by atoms with Crippen molar-refractivity contribution in [1.29, 1.82) is 0 Å². The van der Waals surface area contributed by atoms with Crippen LogP contribution in [0.1, 0.15) is 11.1 Å².